The quantitative estimate of drug-likeness (QED) is 0.619. The molecule has 0 radical (unpaired) electrons. The molecule has 1 heterocycles. The summed E-state index contributed by atoms with van der Waals surface area (Å²) >= 11 is 0. The van der Waals surface area contributed by atoms with Crippen LogP contribution in [0.2, 0.25) is 0 Å². The normalized spacial score (nSPS) is 11.9. The number of fused-ring (bicyclic) bond motifs is 1. The topological polar surface area (TPSA) is 48.3 Å². The van der Waals surface area contributed by atoms with E-state index in [9.17, 15) is 9.59 Å². The molecule has 0 saturated heterocycles. The van der Waals surface area contributed by atoms with Crippen LogP contribution in [-0.2, 0) is 9.53 Å². The molecule has 4 heteroatoms. The van der Waals surface area contributed by atoms with Gasteiger partial charge in [0, 0.05) is 11.6 Å². The summed E-state index contributed by atoms with van der Waals surface area (Å²) in [5.74, 6) is 0. The van der Waals surface area contributed by atoms with Crippen LogP contribution in [-0.4, -0.2) is 22.5 Å². The molecule has 0 aliphatic rings. The summed E-state index contributed by atoms with van der Waals surface area (Å²) in [5.41, 5.74) is 1.16. The molecule has 0 fully saturated rings. The van der Waals surface area contributed by atoms with Gasteiger partial charge in [-0.3, -0.25) is 9.36 Å². The van der Waals surface area contributed by atoms with Crippen molar-refractivity contribution in [1.82, 2.24) is 4.57 Å². The van der Waals surface area contributed by atoms with Gasteiger partial charge >= 0.3 is 6.09 Å². The Kier molecular flexibility index (Phi) is 3.74. The summed E-state index contributed by atoms with van der Waals surface area (Å²) in [6.45, 7) is 5.50. The van der Waals surface area contributed by atoms with E-state index >= 15 is 0 Å². The number of rotatable bonds is 2. The van der Waals surface area contributed by atoms with Gasteiger partial charge in [-0.25, -0.2) is 4.79 Å². The van der Waals surface area contributed by atoms with E-state index in [0.29, 0.717) is 0 Å². The molecule has 0 aliphatic heterocycles. The number of hydrogen-bond donors (Lipinski definition) is 0. The van der Waals surface area contributed by atoms with Crippen molar-refractivity contribution >= 4 is 29.4 Å². The Balaban J connectivity index is 2.35. The monoisotopic (exact) mass is 271 g/mol. The maximum absolute atomic E-state index is 12.1. The summed E-state index contributed by atoms with van der Waals surface area (Å²) in [7, 11) is 0. The van der Waals surface area contributed by atoms with Crippen LogP contribution in [0.3, 0.4) is 0 Å². The van der Waals surface area contributed by atoms with E-state index in [1.165, 1.54) is 10.6 Å². The summed E-state index contributed by atoms with van der Waals surface area (Å²) < 4.78 is 6.83. The number of aldehydes is 1. The Hall–Kier alpha value is -2.36. The summed E-state index contributed by atoms with van der Waals surface area (Å²) in [4.78, 5) is 22.4. The van der Waals surface area contributed by atoms with Crippen molar-refractivity contribution in [2.45, 2.75) is 26.4 Å². The third kappa shape index (κ3) is 3.15. The number of allylic oxidation sites excluding steroid dienone is 1. The summed E-state index contributed by atoms with van der Waals surface area (Å²) in [6, 6.07) is 7.45. The van der Waals surface area contributed by atoms with Crippen molar-refractivity contribution in [3.63, 3.8) is 0 Å². The first-order valence-corrected chi connectivity index (χ1v) is 6.37. The van der Waals surface area contributed by atoms with Crippen molar-refractivity contribution in [2.24, 2.45) is 0 Å². The first-order valence-electron chi connectivity index (χ1n) is 6.37. The highest BCUT2D eigenvalue weighted by molar-refractivity contribution is 5.91. The number of carbonyl (C=O) groups excluding carboxylic acids is 2. The SMILES string of the molecule is CC(C)(C)OC(=O)n1ccc2cc(C=CC=O)ccc21. The minimum Gasteiger partial charge on any atom is -0.443 e. The Labute approximate surface area is 117 Å². The zero-order valence-corrected chi connectivity index (χ0v) is 11.8. The Bertz CT molecular complexity index is 675. The van der Waals surface area contributed by atoms with E-state index in [1.54, 1.807) is 12.3 Å². The minimum absolute atomic E-state index is 0.399. The highest BCUT2D eigenvalue weighted by atomic mass is 16.6. The molecule has 0 saturated carbocycles. The molecule has 0 unspecified atom stereocenters. The average molecular weight is 271 g/mol. The molecule has 2 rings (SSSR count). The lowest BCUT2D eigenvalue weighted by molar-refractivity contribution is -0.104. The van der Waals surface area contributed by atoms with Crippen molar-refractivity contribution < 1.29 is 14.3 Å². The molecule has 4 nitrogen and oxygen atoms in total. The molecule has 1 aromatic carbocycles. The third-order valence-electron chi connectivity index (χ3n) is 2.67. The largest absolute Gasteiger partial charge is 0.443 e. The van der Waals surface area contributed by atoms with Gasteiger partial charge in [0.1, 0.15) is 11.9 Å². The van der Waals surface area contributed by atoms with E-state index in [0.717, 1.165) is 22.8 Å². The van der Waals surface area contributed by atoms with Crippen LogP contribution in [0.15, 0.2) is 36.5 Å². The van der Waals surface area contributed by atoms with Crippen LogP contribution in [0, 0.1) is 0 Å². The van der Waals surface area contributed by atoms with Crippen molar-refractivity contribution in [3.8, 4) is 0 Å². The second-order valence-electron chi connectivity index (χ2n) is 5.48. The van der Waals surface area contributed by atoms with Crippen molar-refractivity contribution in [2.75, 3.05) is 0 Å². The Morgan fingerprint density at radius 2 is 2.00 bits per heavy atom. The van der Waals surface area contributed by atoms with Crippen LogP contribution in [0.4, 0.5) is 4.79 Å². The second-order valence-corrected chi connectivity index (χ2v) is 5.48. The van der Waals surface area contributed by atoms with Crippen LogP contribution < -0.4 is 0 Å². The van der Waals surface area contributed by atoms with Gasteiger partial charge in [0.25, 0.3) is 0 Å². The molecular formula is C16H17NO3. The Morgan fingerprint density at radius 3 is 2.65 bits per heavy atom. The fourth-order valence-electron chi connectivity index (χ4n) is 1.89. The molecule has 104 valence electrons. The molecule has 0 atom stereocenters. The number of benzene rings is 1. The van der Waals surface area contributed by atoms with Crippen LogP contribution in [0.25, 0.3) is 17.0 Å². The maximum Gasteiger partial charge on any atom is 0.418 e. The van der Waals surface area contributed by atoms with Gasteiger partial charge in [0.05, 0.1) is 5.52 Å². The van der Waals surface area contributed by atoms with Gasteiger partial charge in [-0.05, 0) is 50.6 Å². The average Bonchev–Trinajstić information content (AvgIpc) is 2.77. The molecule has 0 bridgehead atoms. The molecule has 2 aromatic rings. The molecule has 20 heavy (non-hydrogen) atoms. The number of carbonyl (C=O) groups is 2. The maximum atomic E-state index is 12.1. The van der Waals surface area contributed by atoms with Gasteiger partial charge in [-0.15, -0.1) is 0 Å². The van der Waals surface area contributed by atoms with Gasteiger partial charge in [-0.2, -0.15) is 0 Å². The first kappa shape index (κ1) is 14.1. The molecule has 0 N–H and O–H groups in total. The van der Waals surface area contributed by atoms with Gasteiger partial charge in [0.2, 0.25) is 0 Å². The number of ether oxygens (including phenoxy) is 1. The van der Waals surface area contributed by atoms with E-state index in [1.807, 2.05) is 45.0 Å². The van der Waals surface area contributed by atoms with E-state index in [4.69, 9.17) is 4.74 Å². The number of nitrogens with zero attached hydrogens (tertiary/aromatic N) is 1. The lowest BCUT2D eigenvalue weighted by atomic mass is 10.1. The lowest BCUT2D eigenvalue weighted by Crippen LogP contribution is -2.26. The highest BCUT2D eigenvalue weighted by Crippen LogP contribution is 2.20. The molecule has 0 spiro atoms. The molecular weight excluding hydrogens is 254 g/mol. The molecule has 0 amide bonds. The van der Waals surface area contributed by atoms with Gasteiger partial charge in [0.15, 0.2) is 0 Å². The second kappa shape index (κ2) is 5.33. The molecule has 1 aromatic heterocycles. The van der Waals surface area contributed by atoms with Crippen LogP contribution in [0.1, 0.15) is 26.3 Å². The summed E-state index contributed by atoms with van der Waals surface area (Å²) in [6.07, 6.45) is 5.18. The first-order chi connectivity index (χ1) is 9.40. The third-order valence-corrected chi connectivity index (χ3v) is 2.67. The van der Waals surface area contributed by atoms with Crippen molar-refractivity contribution in [3.05, 3.63) is 42.1 Å². The number of aromatic nitrogens is 1. The van der Waals surface area contributed by atoms with E-state index in [-0.39, 0.29) is 0 Å². The van der Waals surface area contributed by atoms with Gasteiger partial charge < -0.3 is 4.74 Å². The minimum atomic E-state index is -0.527. The van der Waals surface area contributed by atoms with Gasteiger partial charge in [-0.1, -0.05) is 12.1 Å². The fourth-order valence-corrected chi connectivity index (χ4v) is 1.89. The zero-order valence-electron chi connectivity index (χ0n) is 11.8. The van der Waals surface area contributed by atoms with Crippen LogP contribution >= 0.6 is 0 Å². The van der Waals surface area contributed by atoms with E-state index in [2.05, 4.69) is 0 Å². The van der Waals surface area contributed by atoms with E-state index < -0.39 is 11.7 Å². The van der Waals surface area contributed by atoms with Crippen molar-refractivity contribution in [1.29, 1.82) is 0 Å². The predicted molar refractivity (Wildman–Crippen MR) is 78.7 cm³/mol. The standard InChI is InChI=1S/C16H17NO3/c1-16(2,3)20-15(19)17-9-8-13-11-12(5-4-10-18)6-7-14(13)17/h4-11H,1-3H3. The lowest BCUT2D eigenvalue weighted by Gasteiger charge is -2.19. The zero-order chi connectivity index (χ0) is 14.8. The predicted octanol–water partition coefficient (Wildman–Crippen LogP) is 3.64. The fraction of sp³-hybridized carbons (Fsp3) is 0.250. The smallest absolute Gasteiger partial charge is 0.418 e. The highest BCUT2D eigenvalue weighted by Gasteiger charge is 2.18. The number of hydrogen-bond acceptors (Lipinski definition) is 3. The Morgan fingerprint density at radius 1 is 1.25 bits per heavy atom. The van der Waals surface area contributed by atoms with Crippen LogP contribution in [0.5, 0.6) is 0 Å². The summed E-state index contributed by atoms with van der Waals surface area (Å²) in [5, 5.41) is 0.920. The molecule has 0 aliphatic carbocycles.